The number of hydrogen-bond donors (Lipinski definition) is 0. The minimum atomic E-state index is -0.0116. The van der Waals surface area contributed by atoms with Crippen LogP contribution in [0.1, 0.15) is 42.5 Å². The van der Waals surface area contributed by atoms with Gasteiger partial charge in [0, 0.05) is 33.0 Å². The van der Waals surface area contributed by atoms with Gasteiger partial charge in [0.1, 0.15) is 22.3 Å². The van der Waals surface area contributed by atoms with E-state index in [0.717, 1.165) is 90.5 Å². The average Bonchev–Trinajstić information content (AvgIpc) is 3.62. The molecule has 0 aliphatic carbocycles. The zero-order valence-electron chi connectivity index (χ0n) is 26.1. The Balaban J connectivity index is 1.17. The maximum atomic E-state index is 6.28. The van der Waals surface area contributed by atoms with Crippen molar-refractivity contribution in [2.75, 3.05) is 0 Å². The second-order valence-corrected chi connectivity index (χ2v) is 12.4. The summed E-state index contributed by atoms with van der Waals surface area (Å²) in [7, 11) is 0. The summed E-state index contributed by atoms with van der Waals surface area (Å²) in [6.07, 6.45) is 1.84. The first-order chi connectivity index (χ1) is 23.2. The van der Waals surface area contributed by atoms with Gasteiger partial charge < -0.3 is 8.83 Å². The van der Waals surface area contributed by atoms with Gasteiger partial charge in [0.05, 0.1) is 11.8 Å². The lowest BCUT2D eigenvalue weighted by Crippen LogP contribution is -2.17. The van der Waals surface area contributed by atoms with Crippen molar-refractivity contribution in [1.82, 2.24) is 0 Å². The number of nitrogens with zero attached hydrogens (tertiary/aromatic N) is 2. The van der Waals surface area contributed by atoms with Gasteiger partial charge in [-0.2, -0.15) is 0 Å². The molecule has 2 aromatic heterocycles. The van der Waals surface area contributed by atoms with Crippen LogP contribution in [0.2, 0.25) is 0 Å². The van der Waals surface area contributed by atoms with E-state index in [2.05, 4.69) is 122 Å². The van der Waals surface area contributed by atoms with Gasteiger partial charge in [0.25, 0.3) is 0 Å². The number of aliphatic imine (C=N–C) groups is 2. The molecule has 4 nitrogen and oxygen atoms in total. The molecule has 1 aliphatic rings. The summed E-state index contributed by atoms with van der Waals surface area (Å²) >= 11 is 0. The van der Waals surface area contributed by atoms with Crippen LogP contribution in [0.25, 0.3) is 55.0 Å². The molecule has 0 spiro atoms. The predicted octanol–water partition coefficient (Wildman–Crippen LogP) is 11.6. The van der Waals surface area contributed by atoms with Crippen molar-refractivity contribution < 1.29 is 8.83 Å². The molecule has 2 unspecified atom stereocenters. The molecule has 0 radical (unpaired) electrons. The standard InChI is InChI=1S/C43H32N2O2/c1-2-27-24-37(28-11-4-3-5-12-28)44-43(32-20-22-36-34-16-7-9-18-39(34)47-41(36)26-32)45-42(27)31-14-10-13-29(23-31)30-19-21-35-33-15-6-8-17-38(33)46-40(35)25-30/h3-23,25-27,37H,2,24H2,1H3. The lowest BCUT2D eigenvalue weighted by Gasteiger charge is -2.20. The molecule has 226 valence electrons. The molecule has 2 atom stereocenters. The molecule has 3 heterocycles. The molecule has 0 N–H and O–H groups in total. The third-order valence-electron chi connectivity index (χ3n) is 9.58. The van der Waals surface area contributed by atoms with Crippen LogP contribution in [0, 0.1) is 5.92 Å². The van der Waals surface area contributed by atoms with Gasteiger partial charge in [-0.1, -0.05) is 104 Å². The van der Waals surface area contributed by atoms with E-state index in [4.69, 9.17) is 18.8 Å². The predicted molar refractivity (Wildman–Crippen MR) is 194 cm³/mol. The van der Waals surface area contributed by atoms with E-state index in [1.807, 2.05) is 24.3 Å². The van der Waals surface area contributed by atoms with Crippen molar-refractivity contribution in [2.45, 2.75) is 25.8 Å². The minimum absolute atomic E-state index is 0.0116. The van der Waals surface area contributed by atoms with Crippen molar-refractivity contribution in [3.05, 3.63) is 156 Å². The molecule has 8 aromatic rings. The van der Waals surface area contributed by atoms with Crippen LogP contribution in [-0.4, -0.2) is 11.5 Å². The highest BCUT2D eigenvalue weighted by molar-refractivity contribution is 6.16. The Bertz CT molecular complexity index is 2500. The molecule has 4 heteroatoms. The highest BCUT2D eigenvalue weighted by Crippen LogP contribution is 2.36. The number of furan rings is 2. The van der Waals surface area contributed by atoms with Crippen LogP contribution in [-0.2, 0) is 0 Å². The summed E-state index contributed by atoms with van der Waals surface area (Å²) < 4.78 is 12.5. The first-order valence-corrected chi connectivity index (χ1v) is 16.4. The summed E-state index contributed by atoms with van der Waals surface area (Å²) in [6.45, 7) is 2.26. The quantitative estimate of drug-likeness (QED) is 0.195. The zero-order valence-corrected chi connectivity index (χ0v) is 26.1. The number of rotatable bonds is 5. The molecule has 0 fully saturated rings. The van der Waals surface area contributed by atoms with Crippen LogP contribution in [0.15, 0.2) is 158 Å². The maximum absolute atomic E-state index is 6.28. The van der Waals surface area contributed by atoms with E-state index >= 15 is 0 Å². The number of hydrogen-bond acceptors (Lipinski definition) is 4. The molecule has 47 heavy (non-hydrogen) atoms. The SMILES string of the molecule is CCC1CC(c2ccccc2)N=C(c2ccc3c(c2)oc2ccccc23)N=C1c1cccc(-c2ccc3c(c2)oc2ccccc23)c1. The Kier molecular flexibility index (Phi) is 6.60. The summed E-state index contributed by atoms with van der Waals surface area (Å²) in [5.74, 6) is 0.964. The monoisotopic (exact) mass is 608 g/mol. The zero-order chi connectivity index (χ0) is 31.3. The fourth-order valence-electron chi connectivity index (χ4n) is 7.13. The number of fused-ring (bicyclic) bond motifs is 6. The molecule has 6 aromatic carbocycles. The van der Waals surface area contributed by atoms with Crippen LogP contribution in [0.3, 0.4) is 0 Å². The third kappa shape index (κ3) is 4.85. The van der Waals surface area contributed by atoms with Crippen LogP contribution in [0.5, 0.6) is 0 Å². The third-order valence-corrected chi connectivity index (χ3v) is 9.58. The fourth-order valence-corrected chi connectivity index (χ4v) is 7.13. The Morgan fingerprint density at radius 2 is 1.11 bits per heavy atom. The van der Waals surface area contributed by atoms with Crippen molar-refractivity contribution in [3.8, 4) is 11.1 Å². The van der Waals surface area contributed by atoms with Crippen LogP contribution in [0.4, 0.5) is 0 Å². The Morgan fingerprint density at radius 3 is 1.81 bits per heavy atom. The maximum Gasteiger partial charge on any atom is 0.155 e. The Morgan fingerprint density at radius 1 is 0.532 bits per heavy atom. The normalized spacial score (nSPS) is 16.9. The molecule has 0 saturated carbocycles. The van der Waals surface area contributed by atoms with Crippen molar-refractivity contribution in [2.24, 2.45) is 15.9 Å². The van der Waals surface area contributed by atoms with Gasteiger partial charge in [-0.3, -0.25) is 4.99 Å². The van der Waals surface area contributed by atoms with Crippen molar-refractivity contribution in [3.63, 3.8) is 0 Å². The van der Waals surface area contributed by atoms with E-state index in [9.17, 15) is 0 Å². The first kappa shape index (κ1) is 27.6. The largest absolute Gasteiger partial charge is 0.456 e. The smallest absolute Gasteiger partial charge is 0.155 e. The van der Waals surface area contributed by atoms with E-state index in [0.29, 0.717) is 0 Å². The Labute approximate surface area is 272 Å². The molecular formula is C43H32N2O2. The summed E-state index contributed by atoms with van der Waals surface area (Å²) in [6, 6.07) is 48.7. The average molecular weight is 609 g/mol. The second-order valence-electron chi connectivity index (χ2n) is 12.4. The molecule has 0 saturated heterocycles. The number of benzene rings is 6. The number of amidine groups is 1. The molecule has 0 amide bonds. The topological polar surface area (TPSA) is 51.0 Å². The highest BCUT2D eigenvalue weighted by Gasteiger charge is 2.27. The summed E-state index contributed by atoms with van der Waals surface area (Å²) in [5.41, 5.74) is 10.1. The summed E-state index contributed by atoms with van der Waals surface area (Å²) in [5, 5.41) is 4.49. The van der Waals surface area contributed by atoms with E-state index < -0.39 is 0 Å². The lowest BCUT2D eigenvalue weighted by molar-refractivity contribution is 0.535. The van der Waals surface area contributed by atoms with Gasteiger partial charge in [0.15, 0.2) is 5.84 Å². The molecule has 0 bridgehead atoms. The van der Waals surface area contributed by atoms with Gasteiger partial charge in [-0.15, -0.1) is 0 Å². The van der Waals surface area contributed by atoms with Crippen molar-refractivity contribution in [1.29, 1.82) is 0 Å². The minimum Gasteiger partial charge on any atom is -0.456 e. The first-order valence-electron chi connectivity index (χ1n) is 16.4. The summed E-state index contributed by atoms with van der Waals surface area (Å²) in [4.78, 5) is 10.8. The fraction of sp³-hybridized carbons (Fsp3) is 0.116. The molecule has 1 aliphatic heterocycles. The lowest BCUT2D eigenvalue weighted by atomic mass is 9.86. The van der Waals surface area contributed by atoms with E-state index in [1.165, 1.54) is 5.56 Å². The van der Waals surface area contributed by atoms with Gasteiger partial charge in [-0.05, 0) is 77.6 Å². The number of para-hydroxylation sites is 2. The second kappa shape index (κ2) is 11.3. The van der Waals surface area contributed by atoms with Crippen molar-refractivity contribution >= 4 is 55.4 Å². The van der Waals surface area contributed by atoms with E-state index in [1.54, 1.807) is 0 Å². The highest BCUT2D eigenvalue weighted by atomic mass is 16.3. The Hall–Kier alpha value is -5.74. The van der Waals surface area contributed by atoms with Crippen LogP contribution >= 0.6 is 0 Å². The van der Waals surface area contributed by atoms with Gasteiger partial charge >= 0.3 is 0 Å². The molecule has 9 rings (SSSR count). The van der Waals surface area contributed by atoms with E-state index in [-0.39, 0.29) is 12.0 Å². The van der Waals surface area contributed by atoms with Gasteiger partial charge in [0.2, 0.25) is 0 Å². The van der Waals surface area contributed by atoms with Gasteiger partial charge in [-0.25, -0.2) is 4.99 Å². The van der Waals surface area contributed by atoms with Crippen LogP contribution < -0.4 is 0 Å². The molecular weight excluding hydrogens is 576 g/mol.